The van der Waals surface area contributed by atoms with E-state index in [2.05, 4.69) is 20.3 Å². The fourth-order valence-corrected chi connectivity index (χ4v) is 2.72. The minimum Gasteiger partial charge on any atom is -0.434 e. The number of hydrogen-bond donors (Lipinski definition) is 1. The highest BCUT2D eigenvalue weighted by Crippen LogP contribution is 2.38. The monoisotopic (exact) mass is 430 g/mol. The van der Waals surface area contributed by atoms with E-state index in [-0.39, 0.29) is 11.3 Å². The molecule has 0 aliphatic heterocycles. The Labute approximate surface area is 168 Å². The number of benzene rings is 1. The van der Waals surface area contributed by atoms with E-state index in [1.807, 2.05) is 13.8 Å². The van der Waals surface area contributed by atoms with Crippen LogP contribution >= 0.6 is 0 Å². The molecule has 3 aromatic rings. The van der Waals surface area contributed by atoms with Crippen LogP contribution in [0.5, 0.6) is 5.75 Å². The van der Waals surface area contributed by atoms with E-state index in [1.54, 1.807) is 29.8 Å². The number of aromatic nitrogens is 3. The number of methoxy groups -OCH3 is 1. The first-order valence-electron chi connectivity index (χ1n) is 8.81. The molecule has 30 heavy (non-hydrogen) atoms. The number of halogens is 5. The van der Waals surface area contributed by atoms with E-state index in [0.717, 1.165) is 12.1 Å². The minimum absolute atomic E-state index is 0.0386. The van der Waals surface area contributed by atoms with Crippen LogP contribution in [0.3, 0.4) is 0 Å². The van der Waals surface area contributed by atoms with E-state index in [0.29, 0.717) is 24.1 Å². The molecule has 0 fully saturated rings. The Morgan fingerprint density at radius 1 is 1.13 bits per heavy atom. The van der Waals surface area contributed by atoms with Gasteiger partial charge in [0.25, 0.3) is 0 Å². The molecular weight excluding hydrogens is 411 g/mol. The summed E-state index contributed by atoms with van der Waals surface area (Å²) < 4.78 is 76.0. The molecule has 0 spiro atoms. The first-order valence-corrected chi connectivity index (χ1v) is 8.81. The quantitative estimate of drug-likeness (QED) is 0.543. The summed E-state index contributed by atoms with van der Waals surface area (Å²) in [6, 6.07) is 5.66. The average Bonchev–Trinajstić information content (AvgIpc) is 3.15. The predicted octanol–water partition coefficient (Wildman–Crippen LogP) is 4.85. The first kappa shape index (κ1) is 21.8. The van der Waals surface area contributed by atoms with Gasteiger partial charge in [0.2, 0.25) is 5.95 Å². The number of alkyl halides is 5. The van der Waals surface area contributed by atoms with Crippen LogP contribution in [0, 0.1) is 0 Å². The number of fused-ring (bicyclic) bond motifs is 1. The van der Waals surface area contributed by atoms with Crippen LogP contribution in [-0.2, 0) is 10.9 Å². The zero-order valence-electron chi connectivity index (χ0n) is 16.3. The Balaban J connectivity index is 2.07. The highest BCUT2D eigenvalue weighted by atomic mass is 19.4. The third-order valence-corrected chi connectivity index (χ3v) is 4.47. The Bertz CT molecular complexity index is 1030. The van der Waals surface area contributed by atoms with Crippen molar-refractivity contribution in [2.75, 3.05) is 19.0 Å². The van der Waals surface area contributed by atoms with Crippen LogP contribution in [0.15, 0.2) is 36.5 Å². The molecule has 2 heterocycles. The van der Waals surface area contributed by atoms with Gasteiger partial charge in [0.1, 0.15) is 11.4 Å². The molecule has 0 amide bonds. The lowest BCUT2D eigenvalue weighted by Gasteiger charge is -2.23. The number of hydrogen-bond acceptors (Lipinski definition) is 5. The van der Waals surface area contributed by atoms with Crippen LogP contribution in [0.2, 0.25) is 0 Å². The molecule has 0 aliphatic rings. The maximum atomic E-state index is 13.0. The highest BCUT2D eigenvalue weighted by Gasteiger charge is 2.32. The number of nitrogens with zero attached hydrogens (tertiary/aromatic N) is 3. The smallest absolute Gasteiger partial charge is 0.416 e. The molecule has 1 aromatic carbocycles. The van der Waals surface area contributed by atoms with Gasteiger partial charge in [-0.25, -0.2) is 0 Å². The normalized spacial score (nSPS) is 12.6. The van der Waals surface area contributed by atoms with Gasteiger partial charge in [-0.15, -0.1) is 10.2 Å². The highest BCUT2D eigenvalue weighted by molar-refractivity contribution is 5.81. The summed E-state index contributed by atoms with van der Waals surface area (Å²) in [5.41, 5.74) is -1.10. The largest absolute Gasteiger partial charge is 0.434 e. The van der Waals surface area contributed by atoms with Crippen molar-refractivity contribution < 1.29 is 31.4 Å². The third-order valence-electron chi connectivity index (χ3n) is 4.47. The molecule has 11 heteroatoms. The van der Waals surface area contributed by atoms with Gasteiger partial charge in [-0.3, -0.25) is 4.40 Å². The second-order valence-corrected chi connectivity index (χ2v) is 7.04. The van der Waals surface area contributed by atoms with Crippen LogP contribution < -0.4 is 10.1 Å². The molecule has 6 nitrogen and oxygen atoms in total. The zero-order chi connectivity index (χ0) is 22.1. The van der Waals surface area contributed by atoms with Gasteiger partial charge >= 0.3 is 12.8 Å². The third kappa shape index (κ3) is 4.61. The van der Waals surface area contributed by atoms with E-state index >= 15 is 0 Å². The summed E-state index contributed by atoms with van der Waals surface area (Å²) in [6.07, 6.45) is -3.05. The fraction of sp³-hybridized carbons (Fsp3) is 0.368. The fourth-order valence-electron chi connectivity index (χ4n) is 2.72. The van der Waals surface area contributed by atoms with E-state index in [1.165, 1.54) is 0 Å². The summed E-state index contributed by atoms with van der Waals surface area (Å²) in [5, 5.41) is 11.2. The van der Waals surface area contributed by atoms with Gasteiger partial charge < -0.3 is 14.8 Å². The van der Waals surface area contributed by atoms with Gasteiger partial charge in [-0.1, -0.05) is 0 Å². The van der Waals surface area contributed by atoms with E-state index < -0.39 is 29.7 Å². The molecule has 162 valence electrons. The van der Waals surface area contributed by atoms with Gasteiger partial charge in [0, 0.05) is 25.4 Å². The summed E-state index contributed by atoms with van der Waals surface area (Å²) in [6.45, 7) is 0.820. The number of nitrogens with one attached hydrogen (secondary N) is 1. The van der Waals surface area contributed by atoms with Crippen molar-refractivity contribution in [3.63, 3.8) is 0 Å². The van der Waals surface area contributed by atoms with Crippen molar-refractivity contribution >= 4 is 11.5 Å². The van der Waals surface area contributed by atoms with Gasteiger partial charge in [0.05, 0.1) is 16.7 Å². The van der Waals surface area contributed by atoms with Crippen molar-refractivity contribution in [3.05, 3.63) is 42.1 Å². The Morgan fingerprint density at radius 3 is 2.50 bits per heavy atom. The molecule has 0 aliphatic carbocycles. The summed E-state index contributed by atoms with van der Waals surface area (Å²) in [7, 11) is 1.57. The minimum atomic E-state index is -4.71. The predicted molar refractivity (Wildman–Crippen MR) is 99.6 cm³/mol. The van der Waals surface area contributed by atoms with Crippen molar-refractivity contribution in [1.82, 2.24) is 14.6 Å². The first-order chi connectivity index (χ1) is 14.0. The second kappa shape index (κ2) is 8.05. The van der Waals surface area contributed by atoms with Crippen molar-refractivity contribution in [3.8, 4) is 17.0 Å². The molecule has 0 radical (unpaired) electrons. The zero-order valence-corrected chi connectivity index (χ0v) is 16.3. The molecule has 0 atom stereocenters. The number of rotatable bonds is 7. The Kier molecular flexibility index (Phi) is 5.84. The van der Waals surface area contributed by atoms with E-state index in [4.69, 9.17) is 4.74 Å². The standard InChI is InChI=1S/C19H19F5N4O2/c1-18(2,29-3)10-25-17-27-26-15(13-5-4-8-28(13)17)12-7-6-11(19(22,23)24)9-14(12)30-16(20)21/h4-9,16H,10H2,1-3H3,(H,25,27). The molecule has 0 unspecified atom stereocenters. The van der Waals surface area contributed by atoms with Crippen molar-refractivity contribution in [2.24, 2.45) is 0 Å². The molecule has 0 saturated heterocycles. The Hall–Kier alpha value is -2.95. The topological polar surface area (TPSA) is 60.7 Å². The van der Waals surface area contributed by atoms with Crippen molar-refractivity contribution in [1.29, 1.82) is 0 Å². The summed E-state index contributed by atoms with van der Waals surface area (Å²) in [4.78, 5) is 0. The van der Waals surface area contributed by atoms with Crippen LogP contribution in [0.1, 0.15) is 19.4 Å². The van der Waals surface area contributed by atoms with Crippen LogP contribution in [0.25, 0.3) is 16.8 Å². The molecule has 0 saturated carbocycles. The van der Waals surface area contributed by atoms with Gasteiger partial charge in [0.15, 0.2) is 0 Å². The lowest BCUT2D eigenvalue weighted by Crippen LogP contribution is -2.32. The van der Waals surface area contributed by atoms with Gasteiger partial charge in [-0.05, 0) is 44.2 Å². The maximum Gasteiger partial charge on any atom is 0.416 e. The number of anilines is 1. The molecule has 1 N–H and O–H groups in total. The van der Waals surface area contributed by atoms with Crippen LogP contribution in [0.4, 0.5) is 27.9 Å². The molecule has 2 aromatic heterocycles. The summed E-state index contributed by atoms with van der Waals surface area (Å²) >= 11 is 0. The molecule has 0 bridgehead atoms. The second-order valence-electron chi connectivity index (χ2n) is 7.04. The van der Waals surface area contributed by atoms with Crippen molar-refractivity contribution in [2.45, 2.75) is 32.2 Å². The lowest BCUT2D eigenvalue weighted by atomic mass is 10.1. The average molecular weight is 430 g/mol. The number of ether oxygens (including phenoxy) is 2. The molecule has 3 rings (SSSR count). The summed E-state index contributed by atoms with van der Waals surface area (Å²) in [5.74, 6) is -0.287. The SMILES string of the molecule is COC(C)(C)CNc1nnc(-c2ccc(C(F)(F)F)cc2OC(F)F)c2cccn12. The van der Waals surface area contributed by atoms with E-state index in [9.17, 15) is 22.0 Å². The maximum absolute atomic E-state index is 13.0. The van der Waals surface area contributed by atoms with Crippen LogP contribution in [-0.4, -0.2) is 40.5 Å². The van der Waals surface area contributed by atoms with Gasteiger partial charge in [-0.2, -0.15) is 22.0 Å². The molecular formula is C19H19F5N4O2. The lowest BCUT2D eigenvalue weighted by molar-refractivity contribution is -0.138. The Morgan fingerprint density at radius 2 is 1.87 bits per heavy atom.